The lowest BCUT2D eigenvalue weighted by Gasteiger charge is -2.34. The van der Waals surface area contributed by atoms with E-state index < -0.39 is 5.92 Å². The molecule has 0 radical (unpaired) electrons. The van der Waals surface area contributed by atoms with Crippen molar-refractivity contribution in [2.75, 3.05) is 0 Å². The standard InChI is InChI=1S/C33H59N3O3/c1-4-13-24-16-7-10-19-28(24)34-31(37)22-27(33(39)36-30-21-12-9-18-26(30)15-6-3)23-32(38)35-29-20-11-8-17-25(29)14-5-2/h24-30H,4-23H2,1-3H3,(H,34,37)(H,35,38)(H,36,39). The van der Waals surface area contributed by atoms with Gasteiger partial charge in [-0.2, -0.15) is 0 Å². The van der Waals surface area contributed by atoms with Crippen LogP contribution in [0.3, 0.4) is 0 Å². The maximum absolute atomic E-state index is 13.7. The van der Waals surface area contributed by atoms with Gasteiger partial charge in [-0.25, -0.2) is 0 Å². The second-order valence-electron chi connectivity index (χ2n) is 13.1. The first-order valence-electron chi connectivity index (χ1n) is 16.8. The third-order valence-corrected chi connectivity index (χ3v) is 9.96. The highest BCUT2D eigenvalue weighted by Gasteiger charge is 2.33. The first-order valence-corrected chi connectivity index (χ1v) is 16.8. The minimum absolute atomic E-state index is 0.0637. The molecule has 3 rings (SSSR count). The second-order valence-corrected chi connectivity index (χ2v) is 13.1. The molecule has 224 valence electrons. The van der Waals surface area contributed by atoms with Crippen LogP contribution in [0.25, 0.3) is 0 Å². The molecule has 0 aromatic carbocycles. The summed E-state index contributed by atoms with van der Waals surface area (Å²) < 4.78 is 0. The van der Waals surface area contributed by atoms with Crippen molar-refractivity contribution in [3.8, 4) is 0 Å². The van der Waals surface area contributed by atoms with E-state index in [-0.39, 0.29) is 48.7 Å². The maximum atomic E-state index is 13.7. The molecule has 3 amide bonds. The number of hydrogen-bond donors (Lipinski definition) is 3. The molecule has 0 saturated heterocycles. The molecule has 0 aromatic rings. The smallest absolute Gasteiger partial charge is 0.224 e. The van der Waals surface area contributed by atoms with Crippen LogP contribution in [0.2, 0.25) is 0 Å². The van der Waals surface area contributed by atoms with Gasteiger partial charge in [-0.1, -0.05) is 78.6 Å². The number of hydrogen-bond acceptors (Lipinski definition) is 3. The van der Waals surface area contributed by atoms with E-state index in [9.17, 15) is 14.4 Å². The molecular formula is C33H59N3O3. The van der Waals surface area contributed by atoms with Gasteiger partial charge < -0.3 is 16.0 Å². The van der Waals surface area contributed by atoms with Crippen molar-refractivity contribution in [3.05, 3.63) is 0 Å². The van der Waals surface area contributed by atoms with E-state index in [0.29, 0.717) is 17.8 Å². The molecule has 6 nitrogen and oxygen atoms in total. The molecule has 3 N–H and O–H groups in total. The third-order valence-electron chi connectivity index (χ3n) is 9.96. The molecule has 0 aromatic heterocycles. The van der Waals surface area contributed by atoms with E-state index >= 15 is 0 Å². The Labute approximate surface area is 239 Å². The first-order chi connectivity index (χ1) is 18.9. The van der Waals surface area contributed by atoms with Gasteiger partial charge in [-0.05, 0) is 75.5 Å². The van der Waals surface area contributed by atoms with E-state index in [1.54, 1.807) is 0 Å². The van der Waals surface area contributed by atoms with Gasteiger partial charge in [0.25, 0.3) is 0 Å². The van der Waals surface area contributed by atoms with E-state index in [0.717, 1.165) is 83.5 Å². The molecule has 0 spiro atoms. The van der Waals surface area contributed by atoms with Crippen LogP contribution < -0.4 is 16.0 Å². The number of rotatable bonds is 14. The fourth-order valence-corrected chi connectivity index (χ4v) is 7.88. The quantitative estimate of drug-likeness (QED) is 0.224. The van der Waals surface area contributed by atoms with Crippen LogP contribution in [0.5, 0.6) is 0 Å². The highest BCUT2D eigenvalue weighted by atomic mass is 16.2. The van der Waals surface area contributed by atoms with Gasteiger partial charge in [-0.15, -0.1) is 0 Å². The Bertz CT molecular complexity index is 708. The predicted octanol–water partition coefficient (Wildman–Crippen LogP) is 6.81. The Morgan fingerprint density at radius 3 is 1.23 bits per heavy atom. The van der Waals surface area contributed by atoms with Crippen LogP contribution >= 0.6 is 0 Å². The van der Waals surface area contributed by atoms with E-state index in [4.69, 9.17) is 0 Å². The molecular weight excluding hydrogens is 486 g/mol. The van der Waals surface area contributed by atoms with Crippen LogP contribution in [0, 0.1) is 23.7 Å². The summed E-state index contributed by atoms with van der Waals surface area (Å²) in [5.41, 5.74) is 0. The molecule has 3 fully saturated rings. The van der Waals surface area contributed by atoms with Crippen molar-refractivity contribution >= 4 is 17.7 Å². The fraction of sp³-hybridized carbons (Fsp3) is 0.909. The summed E-state index contributed by atoms with van der Waals surface area (Å²) in [6.45, 7) is 6.63. The SMILES string of the molecule is CCCC1CCCCC1NC(=O)CC(CC(=O)NC1CCCCC1CCC)C(=O)NC1CCCCC1CCC. The van der Waals surface area contributed by atoms with Crippen molar-refractivity contribution in [3.63, 3.8) is 0 Å². The number of nitrogens with one attached hydrogen (secondary N) is 3. The summed E-state index contributed by atoms with van der Waals surface area (Å²) in [6.07, 6.45) is 20.7. The number of amides is 3. The average Bonchev–Trinajstić information content (AvgIpc) is 2.92. The van der Waals surface area contributed by atoms with Gasteiger partial charge in [0.1, 0.15) is 0 Å². The molecule has 0 heterocycles. The van der Waals surface area contributed by atoms with Gasteiger partial charge >= 0.3 is 0 Å². The van der Waals surface area contributed by atoms with Gasteiger partial charge in [0, 0.05) is 31.0 Å². The van der Waals surface area contributed by atoms with Crippen LogP contribution in [-0.2, 0) is 14.4 Å². The summed E-state index contributed by atoms with van der Waals surface area (Å²) in [4.78, 5) is 40.3. The van der Waals surface area contributed by atoms with Crippen molar-refractivity contribution in [2.45, 2.75) is 167 Å². The predicted molar refractivity (Wildman–Crippen MR) is 159 cm³/mol. The Hall–Kier alpha value is -1.59. The molecule has 0 bridgehead atoms. The largest absolute Gasteiger partial charge is 0.353 e. The average molecular weight is 546 g/mol. The van der Waals surface area contributed by atoms with Gasteiger partial charge in [0.15, 0.2) is 0 Å². The van der Waals surface area contributed by atoms with Crippen LogP contribution in [-0.4, -0.2) is 35.8 Å². The Kier molecular flexibility index (Phi) is 14.1. The van der Waals surface area contributed by atoms with Crippen molar-refractivity contribution in [2.24, 2.45) is 23.7 Å². The molecule has 3 aliphatic carbocycles. The van der Waals surface area contributed by atoms with Crippen molar-refractivity contribution < 1.29 is 14.4 Å². The normalized spacial score (nSPS) is 30.2. The summed E-state index contributed by atoms with van der Waals surface area (Å²) in [5.74, 6) is 0.721. The third kappa shape index (κ3) is 10.4. The van der Waals surface area contributed by atoms with Crippen LogP contribution in [0.15, 0.2) is 0 Å². The zero-order valence-corrected chi connectivity index (χ0v) is 25.4. The summed E-state index contributed by atoms with van der Waals surface area (Å²) in [5, 5.41) is 9.93. The molecule has 39 heavy (non-hydrogen) atoms. The lowest BCUT2D eigenvalue weighted by atomic mass is 9.81. The van der Waals surface area contributed by atoms with Crippen LogP contribution in [0.1, 0.15) is 149 Å². The minimum Gasteiger partial charge on any atom is -0.353 e. The summed E-state index contributed by atoms with van der Waals surface area (Å²) >= 11 is 0. The summed E-state index contributed by atoms with van der Waals surface area (Å²) in [7, 11) is 0. The highest BCUT2D eigenvalue weighted by molar-refractivity contribution is 5.90. The topological polar surface area (TPSA) is 87.3 Å². The Morgan fingerprint density at radius 2 is 0.872 bits per heavy atom. The Morgan fingerprint density at radius 1 is 0.538 bits per heavy atom. The Balaban J connectivity index is 1.66. The zero-order chi connectivity index (χ0) is 28.0. The summed E-state index contributed by atoms with van der Waals surface area (Å²) in [6, 6.07) is 0.570. The van der Waals surface area contributed by atoms with E-state index in [1.807, 2.05) is 0 Å². The van der Waals surface area contributed by atoms with Crippen molar-refractivity contribution in [1.29, 1.82) is 0 Å². The molecule has 3 aliphatic rings. The highest BCUT2D eigenvalue weighted by Crippen LogP contribution is 2.31. The van der Waals surface area contributed by atoms with E-state index in [1.165, 1.54) is 32.1 Å². The van der Waals surface area contributed by atoms with Gasteiger partial charge in [0.2, 0.25) is 17.7 Å². The monoisotopic (exact) mass is 545 g/mol. The van der Waals surface area contributed by atoms with Gasteiger partial charge in [-0.3, -0.25) is 14.4 Å². The van der Waals surface area contributed by atoms with Gasteiger partial charge in [0.05, 0.1) is 5.92 Å². The van der Waals surface area contributed by atoms with Crippen LogP contribution in [0.4, 0.5) is 0 Å². The molecule has 6 atom stereocenters. The fourth-order valence-electron chi connectivity index (χ4n) is 7.88. The zero-order valence-electron chi connectivity index (χ0n) is 25.4. The molecule has 6 unspecified atom stereocenters. The minimum atomic E-state index is -0.615. The van der Waals surface area contributed by atoms with Crippen molar-refractivity contribution in [1.82, 2.24) is 16.0 Å². The molecule has 3 saturated carbocycles. The molecule has 6 heteroatoms. The molecule has 0 aliphatic heterocycles. The van der Waals surface area contributed by atoms with E-state index in [2.05, 4.69) is 36.7 Å². The maximum Gasteiger partial charge on any atom is 0.224 e. The lowest BCUT2D eigenvalue weighted by molar-refractivity contribution is -0.135. The number of carbonyl (C=O) groups is 3. The first kappa shape index (κ1) is 31.9. The second kappa shape index (κ2) is 17.3. The number of carbonyl (C=O) groups excluding carboxylic acids is 3. The lowest BCUT2D eigenvalue weighted by Crippen LogP contribution is -2.48.